The minimum absolute atomic E-state index is 0.0112. The summed E-state index contributed by atoms with van der Waals surface area (Å²) >= 11 is 1.45. The van der Waals surface area contributed by atoms with E-state index >= 15 is 0 Å². The van der Waals surface area contributed by atoms with Gasteiger partial charge in [-0.15, -0.1) is 11.8 Å². The maximum absolute atomic E-state index is 14.0. The standard InChI is InChI=1S/C22H26FNO3S/c1-14(2)15(3)24-20(25)13-28-12-18-10-19(23)9-17-11-26-22(27-21(17)18)16-7-5-4-6-8-16/h4-10,14-15,22H,11-13H2,1-3H3,(H,24,25)/t15-,22+/m0/s1. The van der Waals surface area contributed by atoms with E-state index in [4.69, 9.17) is 9.47 Å². The van der Waals surface area contributed by atoms with Crippen molar-refractivity contribution in [3.8, 4) is 5.75 Å². The maximum atomic E-state index is 14.0. The molecule has 1 aliphatic heterocycles. The summed E-state index contributed by atoms with van der Waals surface area (Å²) in [6.45, 7) is 6.42. The zero-order valence-corrected chi connectivity index (χ0v) is 17.2. The second-order valence-corrected chi connectivity index (χ2v) is 8.30. The molecule has 28 heavy (non-hydrogen) atoms. The minimum atomic E-state index is -0.516. The lowest BCUT2D eigenvalue weighted by Crippen LogP contribution is -2.37. The number of fused-ring (bicyclic) bond motifs is 1. The molecule has 0 spiro atoms. The Morgan fingerprint density at radius 2 is 2.00 bits per heavy atom. The van der Waals surface area contributed by atoms with Crippen LogP contribution < -0.4 is 10.1 Å². The van der Waals surface area contributed by atoms with Crippen molar-refractivity contribution in [2.45, 2.75) is 45.5 Å². The Hall–Kier alpha value is -2.05. The van der Waals surface area contributed by atoms with Gasteiger partial charge < -0.3 is 14.8 Å². The van der Waals surface area contributed by atoms with Crippen LogP contribution in [0.3, 0.4) is 0 Å². The van der Waals surface area contributed by atoms with Gasteiger partial charge in [0, 0.05) is 28.5 Å². The van der Waals surface area contributed by atoms with Crippen LogP contribution in [0.4, 0.5) is 4.39 Å². The number of ether oxygens (including phenoxy) is 2. The van der Waals surface area contributed by atoms with Gasteiger partial charge in [0.05, 0.1) is 12.4 Å². The lowest BCUT2D eigenvalue weighted by Gasteiger charge is -2.28. The number of thioether (sulfide) groups is 1. The van der Waals surface area contributed by atoms with Crippen molar-refractivity contribution in [2.75, 3.05) is 5.75 Å². The molecule has 0 unspecified atom stereocenters. The van der Waals surface area contributed by atoms with Gasteiger partial charge in [0.1, 0.15) is 11.6 Å². The molecule has 0 bridgehead atoms. The fourth-order valence-electron chi connectivity index (χ4n) is 2.87. The molecule has 0 aliphatic carbocycles. The predicted octanol–water partition coefficient (Wildman–Crippen LogP) is 4.83. The van der Waals surface area contributed by atoms with Crippen LogP contribution in [0, 0.1) is 11.7 Å². The Kier molecular flexibility index (Phi) is 6.97. The van der Waals surface area contributed by atoms with Crippen molar-refractivity contribution in [3.05, 3.63) is 65.0 Å². The molecule has 0 saturated heterocycles. The highest BCUT2D eigenvalue weighted by molar-refractivity contribution is 7.99. The molecule has 0 radical (unpaired) electrons. The van der Waals surface area contributed by atoms with Crippen LogP contribution in [0.1, 0.15) is 43.8 Å². The zero-order valence-electron chi connectivity index (χ0n) is 16.4. The van der Waals surface area contributed by atoms with Gasteiger partial charge in [-0.25, -0.2) is 4.39 Å². The van der Waals surface area contributed by atoms with Crippen LogP contribution in [-0.2, 0) is 21.9 Å². The summed E-state index contributed by atoms with van der Waals surface area (Å²) < 4.78 is 25.8. The number of rotatable bonds is 7. The van der Waals surface area contributed by atoms with Crippen LogP contribution in [-0.4, -0.2) is 17.7 Å². The highest BCUT2D eigenvalue weighted by Gasteiger charge is 2.25. The number of carbonyl (C=O) groups excluding carboxylic acids is 1. The van der Waals surface area contributed by atoms with E-state index in [2.05, 4.69) is 19.2 Å². The summed E-state index contributed by atoms with van der Waals surface area (Å²) in [7, 11) is 0. The topological polar surface area (TPSA) is 47.6 Å². The van der Waals surface area contributed by atoms with E-state index in [1.54, 1.807) is 0 Å². The molecular formula is C22H26FNO3S. The Morgan fingerprint density at radius 1 is 1.25 bits per heavy atom. The molecule has 6 heteroatoms. The molecule has 4 nitrogen and oxygen atoms in total. The van der Waals surface area contributed by atoms with E-state index in [0.29, 0.717) is 28.7 Å². The number of benzene rings is 2. The number of hydrogen-bond acceptors (Lipinski definition) is 4. The van der Waals surface area contributed by atoms with Crippen molar-refractivity contribution in [1.82, 2.24) is 5.32 Å². The Labute approximate surface area is 169 Å². The molecule has 2 atom stereocenters. The first kappa shape index (κ1) is 20.7. The largest absolute Gasteiger partial charge is 0.460 e. The van der Waals surface area contributed by atoms with E-state index in [-0.39, 0.29) is 24.4 Å². The average Bonchev–Trinajstić information content (AvgIpc) is 2.68. The molecule has 2 aromatic rings. The third kappa shape index (κ3) is 5.26. The smallest absolute Gasteiger partial charge is 0.230 e. The van der Waals surface area contributed by atoms with Crippen molar-refractivity contribution in [1.29, 1.82) is 0 Å². The highest BCUT2D eigenvalue weighted by Crippen LogP contribution is 2.37. The van der Waals surface area contributed by atoms with Gasteiger partial charge in [-0.05, 0) is 25.0 Å². The Balaban J connectivity index is 1.66. The fourth-order valence-corrected chi connectivity index (χ4v) is 3.68. The molecule has 0 fully saturated rings. The van der Waals surface area contributed by atoms with E-state index < -0.39 is 6.29 Å². The van der Waals surface area contributed by atoms with Crippen LogP contribution in [0.25, 0.3) is 0 Å². The summed E-state index contributed by atoms with van der Waals surface area (Å²) in [6, 6.07) is 12.7. The van der Waals surface area contributed by atoms with Crippen LogP contribution in [0.15, 0.2) is 42.5 Å². The molecule has 1 heterocycles. The lowest BCUT2D eigenvalue weighted by atomic mass is 10.1. The van der Waals surface area contributed by atoms with Crippen molar-refractivity contribution in [2.24, 2.45) is 5.92 Å². The summed E-state index contributed by atoms with van der Waals surface area (Å²) in [5.74, 6) is 1.52. The fraction of sp³-hybridized carbons (Fsp3) is 0.409. The molecule has 150 valence electrons. The molecule has 1 N–H and O–H groups in total. The molecule has 1 amide bonds. The molecule has 1 aliphatic rings. The van der Waals surface area contributed by atoms with Gasteiger partial charge >= 0.3 is 0 Å². The minimum Gasteiger partial charge on any atom is -0.460 e. The summed E-state index contributed by atoms with van der Waals surface area (Å²) in [5, 5.41) is 2.98. The second kappa shape index (κ2) is 9.43. The van der Waals surface area contributed by atoms with Crippen molar-refractivity contribution >= 4 is 17.7 Å². The predicted molar refractivity (Wildman–Crippen MR) is 110 cm³/mol. The maximum Gasteiger partial charge on any atom is 0.230 e. The molecule has 2 aromatic carbocycles. The molecule has 0 aromatic heterocycles. The molecule has 0 saturated carbocycles. The third-order valence-electron chi connectivity index (χ3n) is 4.77. The number of nitrogens with one attached hydrogen (secondary N) is 1. The molecular weight excluding hydrogens is 377 g/mol. The monoisotopic (exact) mass is 403 g/mol. The second-order valence-electron chi connectivity index (χ2n) is 7.32. The number of halogens is 1. The summed E-state index contributed by atoms with van der Waals surface area (Å²) in [5.41, 5.74) is 2.35. The summed E-state index contributed by atoms with van der Waals surface area (Å²) in [4.78, 5) is 12.1. The van der Waals surface area contributed by atoms with E-state index in [9.17, 15) is 9.18 Å². The van der Waals surface area contributed by atoms with Gasteiger partial charge in [0.2, 0.25) is 12.2 Å². The first-order chi connectivity index (χ1) is 13.4. The third-order valence-corrected chi connectivity index (χ3v) is 5.76. The molecule has 3 rings (SSSR count). The van der Waals surface area contributed by atoms with E-state index in [0.717, 1.165) is 11.1 Å². The van der Waals surface area contributed by atoms with Gasteiger partial charge in [-0.1, -0.05) is 44.2 Å². The van der Waals surface area contributed by atoms with Crippen LogP contribution >= 0.6 is 11.8 Å². The number of hydrogen-bond donors (Lipinski definition) is 1. The highest BCUT2D eigenvalue weighted by atomic mass is 32.2. The first-order valence-electron chi connectivity index (χ1n) is 9.45. The SMILES string of the molecule is CC(C)[C@H](C)NC(=O)CSCc1cc(F)cc2c1O[C@H](c1ccccc1)OC2. The van der Waals surface area contributed by atoms with Crippen molar-refractivity contribution < 1.29 is 18.7 Å². The van der Waals surface area contributed by atoms with Crippen LogP contribution in [0.2, 0.25) is 0 Å². The lowest BCUT2D eigenvalue weighted by molar-refractivity contribution is -0.119. The number of carbonyl (C=O) groups is 1. The van der Waals surface area contributed by atoms with Crippen LogP contribution in [0.5, 0.6) is 5.75 Å². The number of amides is 1. The van der Waals surface area contributed by atoms with E-state index in [1.165, 1.54) is 23.9 Å². The Morgan fingerprint density at radius 3 is 2.71 bits per heavy atom. The van der Waals surface area contributed by atoms with Gasteiger partial charge in [0.25, 0.3) is 0 Å². The van der Waals surface area contributed by atoms with Gasteiger partial charge in [-0.3, -0.25) is 4.79 Å². The van der Waals surface area contributed by atoms with Gasteiger partial charge in [-0.2, -0.15) is 0 Å². The zero-order chi connectivity index (χ0) is 20.1. The quantitative estimate of drug-likeness (QED) is 0.720. The average molecular weight is 404 g/mol. The normalized spacial score (nSPS) is 17.0. The van der Waals surface area contributed by atoms with Gasteiger partial charge in [0.15, 0.2) is 0 Å². The first-order valence-corrected chi connectivity index (χ1v) is 10.6. The van der Waals surface area contributed by atoms with Crippen molar-refractivity contribution in [3.63, 3.8) is 0 Å². The Bertz CT molecular complexity index is 813. The van der Waals surface area contributed by atoms with E-state index in [1.807, 2.05) is 37.3 Å². The summed E-state index contributed by atoms with van der Waals surface area (Å²) in [6.07, 6.45) is -0.516.